The molecule has 4 atom stereocenters. The molecule has 3 heterocycles. The molecule has 58 heavy (non-hydrogen) atoms. The zero-order chi connectivity index (χ0) is 41.0. The number of nitrogens with zero attached hydrogens (tertiary/aromatic N) is 3. The van der Waals surface area contributed by atoms with E-state index in [9.17, 15) is 29.7 Å². The molecule has 7 rings (SSSR count). The topological polar surface area (TPSA) is 143 Å². The van der Waals surface area contributed by atoms with E-state index >= 15 is 0 Å². The summed E-state index contributed by atoms with van der Waals surface area (Å²) in [5.74, 6) is -0.695. The van der Waals surface area contributed by atoms with Gasteiger partial charge in [-0.1, -0.05) is 71.4 Å². The van der Waals surface area contributed by atoms with Gasteiger partial charge in [-0.2, -0.15) is 0 Å². The van der Waals surface area contributed by atoms with E-state index in [1.54, 1.807) is 39.8 Å². The third-order valence-electron chi connectivity index (χ3n) is 11.5. The van der Waals surface area contributed by atoms with Crippen LogP contribution in [-0.4, -0.2) is 76.4 Å². The molecule has 1 unspecified atom stereocenters. The first-order valence-corrected chi connectivity index (χ1v) is 20.9. The van der Waals surface area contributed by atoms with Crippen LogP contribution in [0, 0.1) is 5.92 Å². The summed E-state index contributed by atoms with van der Waals surface area (Å²) in [6.45, 7) is 5.31. The lowest BCUT2D eigenvalue weighted by Crippen LogP contribution is -2.49. The maximum atomic E-state index is 14.5. The molecule has 0 bridgehead atoms. The van der Waals surface area contributed by atoms with Crippen LogP contribution in [0.2, 0.25) is 0 Å². The fourth-order valence-corrected chi connectivity index (χ4v) is 8.81. The molecule has 0 aliphatic carbocycles. The number of fused-ring (bicyclic) bond motifs is 3. The average molecular weight is 852 g/mol. The Hall–Kier alpha value is -4.85. The highest BCUT2D eigenvalue weighted by Crippen LogP contribution is 2.47. The molecular formula is C46H51BrN4O7. The van der Waals surface area contributed by atoms with Crippen molar-refractivity contribution in [2.24, 2.45) is 5.92 Å². The third kappa shape index (κ3) is 8.21. The zero-order valence-electron chi connectivity index (χ0n) is 32.9. The molecule has 4 aromatic rings. The second-order valence-corrected chi connectivity index (χ2v) is 16.2. The molecule has 3 aliphatic heterocycles. The van der Waals surface area contributed by atoms with Crippen molar-refractivity contribution >= 4 is 50.7 Å². The summed E-state index contributed by atoms with van der Waals surface area (Å²) in [5.41, 5.74) is 4.45. The molecule has 3 aliphatic rings. The number of benzene rings is 4. The quantitative estimate of drug-likeness (QED) is 0.0836. The summed E-state index contributed by atoms with van der Waals surface area (Å²) in [5, 5.41) is 35.1. The van der Waals surface area contributed by atoms with Crippen LogP contribution in [0.4, 0.5) is 17.1 Å². The summed E-state index contributed by atoms with van der Waals surface area (Å²) < 4.78 is 6.51. The summed E-state index contributed by atoms with van der Waals surface area (Å²) in [7, 11) is 0. The maximum absolute atomic E-state index is 14.5. The molecule has 0 spiro atoms. The van der Waals surface area contributed by atoms with E-state index in [1.807, 2.05) is 85.8 Å². The SMILES string of the molecule is CCOc1ccc2c(c1)CC(NCCCCO)C(=O)N2c1cccc(CN2C(=O)[C@](O)([C@H](C)/C=C/CC(=O)N3Cc4ccccc4C[C@H]3CO)c3cc(Br)ccc32)c1. The normalized spacial score (nSPS) is 20.6. The molecule has 4 aromatic carbocycles. The number of anilines is 3. The number of unbranched alkanes of at least 4 members (excludes halogenated alkanes) is 1. The lowest BCUT2D eigenvalue weighted by Gasteiger charge is -2.36. The van der Waals surface area contributed by atoms with Gasteiger partial charge in [0.2, 0.25) is 11.8 Å². The van der Waals surface area contributed by atoms with Crippen LogP contribution in [0.3, 0.4) is 0 Å². The molecule has 0 saturated heterocycles. The highest BCUT2D eigenvalue weighted by atomic mass is 79.9. The summed E-state index contributed by atoms with van der Waals surface area (Å²) in [4.78, 5) is 47.1. The van der Waals surface area contributed by atoms with E-state index < -0.39 is 23.5 Å². The van der Waals surface area contributed by atoms with Gasteiger partial charge in [0.1, 0.15) is 5.75 Å². The number of halogens is 1. The first-order valence-electron chi connectivity index (χ1n) is 20.1. The first kappa shape index (κ1) is 41.3. The number of carbonyl (C=O) groups is 3. The van der Waals surface area contributed by atoms with E-state index in [4.69, 9.17) is 4.74 Å². The highest BCUT2D eigenvalue weighted by Gasteiger charge is 2.52. The van der Waals surface area contributed by atoms with Gasteiger partial charge in [-0.05, 0) is 110 Å². The van der Waals surface area contributed by atoms with Crippen molar-refractivity contribution in [2.45, 2.75) is 76.7 Å². The van der Waals surface area contributed by atoms with E-state index in [0.29, 0.717) is 60.4 Å². The Morgan fingerprint density at radius 3 is 2.53 bits per heavy atom. The molecular weight excluding hydrogens is 800 g/mol. The van der Waals surface area contributed by atoms with Crippen molar-refractivity contribution in [2.75, 3.05) is 36.2 Å². The Bertz CT molecular complexity index is 2190. The molecule has 0 aromatic heterocycles. The molecule has 3 amide bonds. The summed E-state index contributed by atoms with van der Waals surface area (Å²) in [6.07, 6.45) is 5.94. The van der Waals surface area contributed by atoms with Crippen LogP contribution in [-0.2, 0) is 45.9 Å². The molecule has 0 radical (unpaired) electrons. The van der Waals surface area contributed by atoms with Crippen molar-refractivity contribution < 1.29 is 34.4 Å². The Balaban J connectivity index is 1.12. The van der Waals surface area contributed by atoms with E-state index in [2.05, 4.69) is 21.2 Å². The van der Waals surface area contributed by atoms with Gasteiger partial charge in [0, 0.05) is 41.2 Å². The highest BCUT2D eigenvalue weighted by molar-refractivity contribution is 9.10. The van der Waals surface area contributed by atoms with E-state index in [1.165, 1.54) is 0 Å². The van der Waals surface area contributed by atoms with Crippen molar-refractivity contribution in [3.63, 3.8) is 0 Å². The number of rotatable bonds is 15. The van der Waals surface area contributed by atoms with Crippen molar-refractivity contribution in [1.82, 2.24) is 10.2 Å². The molecule has 4 N–H and O–H groups in total. The Kier molecular flexibility index (Phi) is 12.8. The Labute approximate surface area is 348 Å². The molecule has 304 valence electrons. The second-order valence-electron chi connectivity index (χ2n) is 15.3. The number of aliphatic hydroxyl groups is 3. The Morgan fingerprint density at radius 1 is 0.966 bits per heavy atom. The summed E-state index contributed by atoms with van der Waals surface area (Å²) >= 11 is 3.53. The number of hydrogen-bond acceptors (Lipinski definition) is 8. The monoisotopic (exact) mass is 850 g/mol. The average Bonchev–Trinajstić information content (AvgIpc) is 3.43. The molecule has 0 fully saturated rings. The van der Waals surface area contributed by atoms with Crippen LogP contribution in [0.1, 0.15) is 60.9 Å². The van der Waals surface area contributed by atoms with Gasteiger partial charge in [-0.15, -0.1) is 0 Å². The van der Waals surface area contributed by atoms with Gasteiger partial charge in [0.05, 0.1) is 43.2 Å². The van der Waals surface area contributed by atoms with Gasteiger partial charge >= 0.3 is 0 Å². The largest absolute Gasteiger partial charge is 0.494 e. The number of amides is 3. The number of carbonyl (C=O) groups excluding carboxylic acids is 3. The van der Waals surface area contributed by atoms with Gasteiger partial charge in [-0.3, -0.25) is 19.3 Å². The van der Waals surface area contributed by atoms with E-state index in [-0.39, 0.29) is 44.0 Å². The number of ether oxygens (including phenoxy) is 1. The number of aliphatic hydroxyl groups excluding tert-OH is 2. The molecule has 0 saturated carbocycles. The van der Waals surface area contributed by atoms with Crippen LogP contribution in [0.15, 0.2) is 102 Å². The minimum atomic E-state index is -1.91. The van der Waals surface area contributed by atoms with Crippen LogP contribution in [0.5, 0.6) is 5.75 Å². The zero-order valence-corrected chi connectivity index (χ0v) is 34.5. The van der Waals surface area contributed by atoms with Gasteiger partial charge in [0.25, 0.3) is 5.91 Å². The maximum Gasteiger partial charge on any atom is 0.264 e. The minimum Gasteiger partial charge on any atom is -0.494 e. The fourth-order valence-electron chi connectivity index (χ4n) is 8.45. The van der Waals surface area contributed by atoms with Crippen molar-refractivity contribution in [3.05, 3.63) is 129 Å². The molecule has 12 heteroatoms. The van der Waals surface area contributed by atoms with Crippen LogP contribution < -0.4 is 19.9 Å². The predicted octanol–water partition coefficient (Wildman–Crippen LogP) is 6.06. The van der Waals surface area contributed by atoms with Crippen molar-refractivity contribution in [3.8, 4) is 5.75 Å². The first-order chi connectivity index (χ1) is 28.1. The van der Waals surface area contributed by atoms with Gasteiger partial charge in [0.15, 0.2) is 5.60 Å². The lowest BCUT2D eigenvalue weighted by molar-refractivity contribution is -0.139. The fraction of sp³-hybridized carbons (Fsp3) is 0.370. The third-order valence-corrected chi connectivity index (χ3v) is 12.0. The van der Waals surface area contributed by atoms with Crippen LogP contribution >= 0.6 is 15.9 Å². The van der Waals surface area contributed by atoms with Crippen LogP contribution in [0.25, 0.3) is 0 Å². The Morgan fingerprint density at radius 2 is 1.76 bits per heavy atom. The van der Waals surface area contributed by atoms with E-state index in [0.717, 1.165) is 40.1 Å². The van der Waals surface area contributed by atoms with Crippen molar-refractivity contribution in [1.29, 1.82) is 0 Å². The number of nitrogens with one attached hydrogen (secondary N) is 1. The summed E-state index contributed by atoms with van der Waals surface area (Å²) in [6, 6.07) is 25.9. The molecule has 11 nitrogen and oxygen atoms in total. The minimum absolute atomic E-state index is 0.0550. The number of hydrogen-bond donors (Lipinski definition) is 4. The van der Waals surface area contributed by atoms with Gasteiger partial charge < -0.3 is 35.2 Å². The lowest BCUT2D eigenvalue weighted by atomic mass is 9.83. The second kappa shape index (κ2) is 18.0. The predicted molar refractivity (Wildman–Crippen MR) is 227 cm³/mol. The van der Waals surface area contributed by atoms with Gasteiger partial charge in [-0.25, -0.2) is 0 Å². The standard InChI is InChI=1S/C46H51BrN4O7/c1-3-58-38-17-19-41-34(24-38)25-40(48-20-6-7-21-52)44(55)51(41)36-14-9-11-31(22-36)27-50-42-18-16-35(47)26-39(42)46(57,45(50)56)30(2)10-8-15-43(54)49-28-33-13-5-4-12-32(33)23-37(49)29-53/h4-5,8-14,16-19,22,24,26,30,37,40,48,52-53,57H,3,6-7,15,20-21,23,25,27-29H2,1-2H3/b10-8+/t30-,37+,40?,46+/m1/s1. The smallest absolute Gasteiger partial charge is 0.264 e.